The maximum atomic E-state index is 5.61. The first-order chi connectivity index (χ1) is 9.25. The van der Waals surface area contributed by atoms with E-state index >= 15 is 0 Å². The highest BCUT2D eigenvalue weighted by Gasteiger charge is 2.66. The van der Waals surface area contributed by atoms with Crippen LogP contribution in [0.2, 0.25) is 0 Å². The maximum absolute atomic E-state index is 5.61. The van der Waals surface area contributed by atoms with Gasteiger partial charge in [-0.15, -0.1) is 0 Å². The normalized spacial score (nSPS) is 38.9. The zero-order chi connectivity index (χ0) is 12.7. The van der Waals surface area contributed by atoms with Crippen LogP contribution in [0.25, 0.3) is 11.0 Å². The van der Waals surface area contributed by atoms with Crippen molar-refractivity contribution >= 4 is 23.3 Å². The first kappa shape index (κ1) is 10.7. The van der Waals surface area contributed by atoms with Crippen LogP contribution in [0.1, 0.15) is 30.9 Å². The Hall–Kier alpha value is -1.09. The Kier molecular flexibility index (Phi) is 1.86. The lowest BCUT2D eigenvalue weighted by Crippen LogP contribution is -2.04. The SMILES string of the molecule is Cc1cccc2c1[nH]c(=S)n2C1C2C3CCC(C3)C21. The van der Waals surface area contributed by atoms with E-state index in [0.717, 1.165) is 28.4 Å². The Morgan fingerprint density at radius 1 is 1.21 bits per heavy atom. The van der Waals surface area contributed by atoms with Crippen LogP contribution in [-0.4, -0.2) is 9.55 Å². The van der Waals surface area contributed by atoms with Crippen LogP contribution < -0.4 is 0 Å². The lowest BCUT2D eigenvalue weighted by atomic mass is 10.0. The predicted molar refractivity (Wildman–Crippen MR) is 78.7 cm³/mol. The minimum absolute atomic E-state index is 0.703. The second-order valence-corrected chi connectivity index (χ2v) is 7.13. The lowest BCUT2D eigenvalue weighted by molar-refractivity contribution is 0.456. The standard InChI is InChI=1S/C16H18N2S/c1-8-3-2-4-11-14(8)17-16(19)18(11)15-12-9-5-6-10(7-9)13(12)15/h2-4,9-10,12-13,15H,5-7H2,1H3,(H,17,19). The van der Waals surface area contributed by atoms with Crippen molar-refractivity contribution in [3.8, 4) is 0 Å². The summed E-state index contributed by atoms with van der Waals surface area (Å²) in [5.41, 5.74) is 3.87. The molecule has 2 bridgehead atoms. The van der Waals surface area contributed by atoms with Crippen molar-refractivity contribution in [1.29, 1.82) is 0 Å². The number of para-hydroxylation sites is 1. The third kappa shape index (κ3) is 1.20. The van der Waals surface area contributed by atoms with E-state index in [4.69, 9.17) is 12.2 Å². The average Bonchev–Trinajstić information content (AvgIpc) is 2.76. The van der Waals surface area contributed by atoms with Gasteiger partial charge in [-0.3, -0.25) is 0 Å². The zero-order valence-electron chi connectivity index (χ0n) is 11.1. The largest absolute Gasteiger partial charge is 0.330 e. The second kappa shape index (κ2) is 3.32. The van der Waals surface area contributed by atoms with Crippen molar-refractivity contribution in [2.45, 2.75) is 32.2 Å². The fraction of sp³-hybridized carbons (Fsp3) is 0.562. The number of rotatable bonds is 1. The van der Waals surface area contributed by atoms with Gasteiger partial charge in [-0.25, -0.2) is 0 Å². The zero-order valence-corrected chi connectivity index (χ0v) is 11.9. The van der Waals surface area contributed by atoms with Crippen LogP contribution in [0, 0.1) is 35.4 Å². The molecule has 1 heterocycles. The molecule has 0 radical (unpaired) electrons. The topological polar surface area (TPSA) is 20.7 Å². The van der Waals surface area contributed by atoms with Crippen molar-refractivity contribution in [2.75, 3.05) is 0 Å². The molecule has 2 aromatic rings. The Morgan fingerprint density at radius 3 is 2.68 bits per heavy atom. The fourth-order valence-corrected chi connectivity index (χ4v) is 5.53. The first-order valence-corrected chi connectivity index (χ1v) is 7.86. The number of aromatic amines is 1. The Morgan fingerprint density at radius 2 is 1.95 bits per heavy atom. The van der Waals surface area contributed by atoms with E-state index in [9.17, 15) is 0 Å². The molecule has 1 N–H and O–H groups in total. The van der Waals surface area contributed by atoms with Crippen LogP contribution in [0.3, 0.4) is 0 Å². The van der Waals surface area contributed by atoms with Crippen LogP contribution in [0.4, 0.5) is 0 Å². The van der Waals surface area contributed by atoms with Crippen LogP contribution in [0.15, 0.2) is 18.2 Å². The number of aromatic nitrogens is 2. The number of nitrogens with zero attached hydrogens (tertiary/aromatic N) is 1. The van der Waals surface area contributed by atoms with E-state index in [1.165, 1.54) is 35.9 Å². The van der Waals surface area contributed by atoms with Gasteiger partial charge < -0.3 is 9.55 Å². The molecule has 3 aliphatic carbocycles. The molecule has 0 spiro atoms. The number of imidazole rings is 1. The minimum atomic E-state index is 0.703. The van der Waals surface area contributed by atoms with Crippen molar-refractivity contribution in [3.05, 3.63) is 28.5 Å². The van der Waals surface area contributed by atoms with Gasteiger partial charge in [-0.05, 0) is 73.7 Å². The maximum Gasteiger partial charge on any atom is 0.178 e. The molecule has 0 aliphatic heterocycles. The summed E-state index contributed by atoms with van der Waals surface area (Å²) in [5.74, 6) is 3.86. The Bertz CT molecular complexity index is 725. The van der Waals surface area contributed by atoms with Gasteiger partial charge in [0.1, 0.15) is 0 Å². The molecule has 4 unspecified atom stereocenters. The molecule has 2 nitrogen and oxygen atoms in total. The van der Waals surface area contributed by atoms with Crippen LogP contribution >= 0.6 is 12.2 Å². The summed E-state index contributed by atoms with van der Waals surface area (Å²) in [4.78, 5) is 3.43. The smallest absolute Gasteiger partial charge is 0.178 e. The van der Waals surface area contributed by atoms with Gasteiger partial charge >= 0.3 is 0 Å². The number of benzene rings is 1. The molecule has 1 aromatic carbocycles. The van der Waals surface area contributed by atoms with Crippen LogP contribution in [-0.2, 0) is 0 Å². The number of fused-ring (bicyclic) bond motifs is 6. The molecule has 1 aromatic heterocycles. The van der Waals surface area contributed by atoms with Gasteiger partial charge in [0, 0.05) is 6.04 Å². The summed E-state index contributed by atoms with van der Waals surface area (Å²) < 4.78 is 3.38. The van der Waals surface area contributed by atoms with E-state index in [1.807, 2.05) is 0 Å². The van der Waals surface area contributed by atoms with Gasteiger partial charge in [0.25, 0.3) is 0 Å². The molecule has 5 rings (SSSR count). The Balaban J connectivity index is 1.69. The van der Waals surface area contributed by atoms with Gasteiger partial charge in [-0.1, -0.05) is 12.1 Å². The summed E-state index contributed by atoms with van der Waals surface area (Å²) in [6, 6.07) is 7.25. The fourth-order valence-electron chi connectivity index (χ4n) is 5.21. The van der Waals surface area contributed by atoms with Crippen molar-refractivity contribution in [3.63, 3.8) is 0 Å². The quantitative estimate of drug-likeness (QED) is 0.769. The number of nitrogens with one attached hydrogen (secondary N) is 1. The van der Waals surface area contributed by atoms with Crippen molar-refractivity contribution in [1.82, 2.24) is 9.55 Å². The van der Waals surface area contributed by atoms with Crippen molar-refractivity contribution in [2.24, 2.45) is 23.7 Å². The molecule has 3 fully saturated rings. The molecular formula is C16H18N2S. The predicted octanol–water partition coefficient (Wildman–Crippen LogP) is 4.22. The molecular weight excluding hydrogens is 252 g/mol. The molecule has 19 heavy (non-hydrogen) atoms. The lowest BCUT2D eigenvalue weighted by Gasteiger charge is -2.11. The van der Waals surface area contributed by atoms with E-state index in [2.05, 4.69) is 34.7 Å². The van der Waals surface area contributed by atoms with Gasteiger partial charge in [0.05, 0.1) is 11.0 Å². The molecule has 4 atom stereocenters. The third-order valence-corrected chi connectivity index (χ3v) is 6.25. The number of aryl methyl sites for hydroxylation is 1. The molecule has 0 saturated heterocycles. The molecule has 3 heteroatoms. The summed E-state index contributed by atoms with van der Waals surface area (Å²) in [6.07, 6.45) is 4.44. The van der Waals surface area contributed by atoms with E-state index in [1.54, 1.807) is 0 Å². The highest BCUT2D eigenvalue weighted by molar-refractivity contribution is 7.71. The molecule has 3 aliphatic rings. The molecule has 0 amide bonds. The van der Waals surface area contributed by atoms with Gasteiger partial charge in [0.15, 0.2) is 4.77 Å². The number of H-pyrrole nitrogens is 1. The summed E-state index contributed by atoms with van der Waals surface area (Å²) in [5, 5.41) is 0. The molecule has 3 saturated carbocycles. The number of hydrogen-bond donors (Lipinski definition) is 1. The number of hydrogen-bond acceptors (Lipinski definition) is 1. The van der Waals surface area contributed by atoms with E-state index in [-0.39, 0.29) is 0 Å². The summed E-state index contributed by atoms with van der Waals surface area (Å²) in [7, 11) is 0. The minimum Gasteiger partial charge on any atom is -0.330 e. The second-order valence-electron chi connectivity index (χ2n) is 6.75. The van der Waals surface area contributed by atoms with E-state index in [0.29, 0.717) is 6.04 Å². The highest BCUT2D eigenvalue weighted by atomic mass is 32.1. The third-order valence-electron chi connectivity index (χ3n) is 5.95. The first-order valence-electron chi connectivity index (χ1n) is 7.45. The van der Waals surface area contributed by atoms with Crippen molar-refractivity contribution < 1.29 is 0 Å². The summed E-state index contributed by atoms with van der Waals surface area (Å²) in [6.45, 7) is 2.16. The highest BCUT2D eigenvalue weighted by Crippen LogP contribution is 2.71. The Labute approximate surface area is 117 Å². The summed E-state index contributed by atoms with van der Waals surface area (Å²) >= 11 is 5.61. The van der Waals surface area contributed by atoms with Crippen LogP contribution in [0.5, 0.6) is 0 Å². The monoisotopic (exact) mass is 270 g/mol. The van der Waals surface area contributed by atoms with E-state index < -0.39 is 0 Å². The average molecular weight is 270 g/mol. The van der Waals surface area contributed by atoms with Gasteiger partial charge in [0.2, 0.25) is 0 Å². The van der Waals surface area contributed by atoms with Gasteiger partial charge in [-0.2, -0.15) is 0 Å². The molecule has 98 valence electrons.